The van der Waals surface area contributed by atoms with Crippen LogP contribution in [0.2, 0.25) is 15.5 Å². The molecule has 3 saturated heterocycles. The summed E-state index contributed by atoms with van der Waals surface area (Å²) in [6.07, 6.45) is 3.74. The van der Waals surface area contributed by atoms with E-state index in [0.29, 0.717) is 82.9 Å². The van der Waals surface area contributed by atoms with Crippen molar-refractivity contribution in [3.63, 3.8) is 0 Å². The number of carbonyl (C=O) groups excluding carboxylic acids is 8. The first-order chi connectivity index (χ1) is 50.7. The molecule has 45 nitrogen and oxygen atoms in total. The van der Waals surface area contributed by atoms with Crippen LogP contribution in [0.15, 0.2) is 25.3 Å². The molecule has 7 rings (SSSR count). The van der Waals surface area contributed by atoms with Gasteiger partial charge < -0.3 is 102 Å². The third kappa shape index (κ3) is 42.2. The summed E-state index contributed by atoms with van der Waals surface area (Å²) in [6.45, 7) is 30.5. The zero-order chi connectivity index (χ0) is 81.9. The van der Waals surface area contributed by atoms with Crippen LogP contribution in [0, 0.1) is 30.3 Å². The summed E-state index contributed by atoms with van der Waals surface area (Å²) >= 11 is 16.2. The molecule has 3 aliphatic rings. The number of carbonyl (C=O) groups is 8. The van der Waals surface area contributed by atoms with Gasteiger partial charge in [0.25, 0.3) is 6.47 Å². The predicted molar refractivity (Wildman–Crippen MR) is 388 cm³/mol. The summed E-state index contributed by atoms with van der Waals surface area (Å²) in [6, 6.07) is 0. The van der Waals surface area contributed by atoms with Crippen LogP contribution in [-0.4, -0.2) is 266 Å². The SMILES string of the molecule is CC(C)(C)OC(=O)N1CCNCC1.CCOC(=O)CN.CCOC(=O)CNc1ncnc(Cl)c1[N+](=O)[O-].CCOC(=O)CNc1ncnc(N2CCN(C(=O)OC(C)(C)C)CC2)c1N.CCOC(=O)CNc1ncnc(N2CCN(C(=O)OC(C)(C)C)CC2)c1[N+](=O)[O-].O=CO[O-].O=[N+]([O-])c1c(Cl)ncnc1Cl.[H-].[K+].[K+]. The van der Waals surface area contributed by atoms with Gasteiger partial charge in [-0.15, -0.1) is 0 Å². The van der Waals surface area contributed by atoms with Crippen molar-refractivity contribution in [1.82, 2.24) is 59.9 Å². The fraction of sp³-hybridized carbons (Fsp3) is 0.600. The summed E-state index contributed by atoms with van der Waals surface area (Å²) in [7, 11) is 0. The second-order valence-electron chi connectivity index (χ2n) is 24.1. The molecule has 604 valence electrons. The van der Waals surface area contributed by atoms with Gasteiger partial charge in [0.2, 0.25) is 32.9 Å². The number of hydrogen-bond donors (Lipinski definition) is 6. The number of nitrogens with two attached hydrogens (primary N) is 2. The molecular weight excluding hydrogens is 1580 g/mol. The molecule has 0 spiro atoms. The molecule has 3 amide bonds. The van der Waals surface area contributed by atoms with Gasteiger partial charge in [-0.2, -0.15) is 0 Å². The maximum atomic E-state index is 12.2. The maximum Gasteiger partial charge on any atom is 1.00 e. The monoisotopic (exact) mass is 1670 g/mol. The van der Waals surface area contributed by atoms with Gasteiger partial charge in [0.1, 0.15) is 67.4 Å². The van der Waals surface area contributed by atoms with Crippen molar-refractivity contribution in [2.75, 3.05) is 163 Å². The average Bonchev–Trinajstić information content (AvgIpc) is 0.808. The summed E-state index contributed by atoms with van der Waals surface area (Å²) in [5, 5.41) is 51.3. The molecule has 3 fully saturated rings. The van der Waals surface area contributed by atoms with Gasteiger partial charge in [0.05, 0.1) is 47.7 Å². The van der Waals surface area contributed by atoms with Crippen LogP contribution in [0.3, 0.4) is 0 Å². The van der Waals surface area contributed by atoms with Gasteiger partial charge in [-0.3, -0.25) is 54.3 Å². The first kappa shape index (κ1) is 105. The normalized spacial score (nSPS) is 12.8. The fourth-order valence-electron chi connectivity index (χ4n) is 8.17. The largest absolute Gasteiger partial charge is 1.00 e. The van der Waals surface area contributed by atoms with Crippen molar-refractivity contribution < 1.29 is 201 Å². The Hall–Kier alpha value is -7.50. The number of hydrogen-bond acceptors (Lipinski definition) is 39. The van der Waals surface area contributed by atoms with E-state index in [9.17, 15) is 63.9 Å². The number of esters is 4. The number of anilines is 6. The molecule has 0 aliphatic carbocycles. The van der Waals surface area contributed by atoms with Crippen LogP contribution in [-0.2, 0) is 62.0 Å². The predicted octanol–water partition coefficient (Wildman–Crippen LogP) is -1.90. The second kappa shape index (κ2) is 55.0. The topological polar surface area (TPSA) is 582 Å². The van der Waals surface area contributed by atoms with E-state index in [1.54, 1.807) is 68.1 Å². The van der Waals surface area contributed by atoms with Gasteiger partial charge >= 0.3 is 162 Å². The smallest absolute Gasteiger partial charge is 1.00 e. The number of amides is 3. The van der Waals surface area contributed by atoms with Gasteiger partial charge in [0.15, 0.2) is 11.6 Å². The number of rotatable bonds is 20. The minimum Gasteiger partial charge on any atom is -1.00 e. The molecule has 7 heterocycles. The van der Waals surface area contributed by atoms with Crippen LogP contribution in [0.5, 0.6) is 0 Å². The Labute approximate surface area is 734 Å². The Balaban J connectivity index is -0.00000131. The van der Waals surface area contributed by atoms with Crippen molar-refractivity contribution in [3.05, 3.63) is 71.1 Å². The summed E-state index contributed by atoms with van der Waals surface area (Å²) in [5.74, 6) is -0.941. The minimum atomic E-state index is -0.731. The number of nitro groups is 3. The van der Waals surface area contributed by atoms with Gasteiger partial charge in [-0.25, -0.2) is 54.3 Å². The molecular formula is C60H93Cl3K2N22O23. The van der Waals surface area contributed by atoms with Crippen LogP contribution in [0.25, 0.3) is 0 Å². The number of nitrogen functional groups attached to an aromatic ring is 1. The van der Waals surface area contributed by atoms with E-state index in [-0.39, 0.29) is 218 Å². The number of ether oxygens (including phenoxy) is 7. The number of halogens is 3. The van der Waals surface area contributed by atoms with E-state index in [1.165, 1.54) is 12.7 Å². The van der Waals surface area contributed by atoms with E-state index in [1.807, 2.05) is 46.4 Å². The Morgan fingerprint density at radius 1 is 0.491 bits per heavy atom. The van der Waals surface area contributed by atoms with Crippen LogP contribution in [0.1, 0.15) is 91.4 Å². The molecule has 0 saturated carbocycles. The first-order valence-electron chi connectivity index (χ1n) is 32.7. The Morgan fingerprint density at radius 3 is 1.10 bits per heavy atom. The second-order valence-corrected chi connectivity index (χ2v) is 25.2. The van der Waals surface area contributed by atoms with Crippen molar-refractivity contribution in [1.29, 1.82) is 0 Å². The number of aromatic nitrogens is 8. The molecule has 4 aromatic rings. The van der Waals surface area contributed by atoms with Gasteiger partial charge in [-0.05, 0) is 90.0 Å². The molecule has 8 N–H and O–H groups in total. The summed E-state index contributed by atoms with van der Waals surface area (Å²) in [4.78, 5) is 161. The molecule has 3 aliphatic heterocycles. The third-order valence-electron chi connectivity index (χ3n) is 12.6. The standard InChI is InChI=1S/C17H26N6O6.C17H28N6O4.C9H18N2O2.C8H9ClN4O4.C4HCl2N3O2.C4H9NO2.CH2O3.2K.H/c1-5-28-12(24)10-18-14-13(23(26)27)15(20-11-19-14)21-6-8-22(9-7-21)16(25)29-17(2,3)4;1-5-26-12(24)10-19-14-13(18)15(21-11-20-14)22-6-8-23(9-7-22)16(25)27-17(2,3)4;1-9(2,3)13-8(12)11-6-4-10-5-7-11;1-2-17-5(14)3-10-8-6(13(15)16)7(9)11-4-12-8;5-3-2(9(10)11)4(6)8-1-7-3;1-2-7-4(6)3-5;2-1-4-3;;;/h11H,5-10H2,1-4H3,(H,18,19,20);11H,5-10,18H2,1-4H3,(H,19,20,21);10H,4-7H2,1-3H3;4H,2-3H2,1H3,(H,10,11,12);1H;2-3,5H2,1H3;1,3H;;;/q;;;;;;;2*+1;-1/p-1. The van der Waals surface area contributed by atoms with Gasteiger partial charge in [0, 0.05) is 78.5 Å². The quantitative estimate of drug-likeness (QED) is 0.00823. The minimum absolute atomic E-state index is 0. The van der Waals surface area contributed by atoms with E-state index in [0.717, 1.165) is 38.8 Å². The molecule has 4 aromatic heterocycles. The molecule has 0 bridgehead atoms. The summed E-state index contributed by atoms with van der Waals surface area (Å²) in [5.41, 5.74) is 8.63. The van der Waals surface area contributed by atoms with E-state index >= 15 is 0 Å². The van der Waals surface area contributed by atoms with Crippen LogP contribution in [0.4, 0.5) is 66.2 Å². The Bertz CT molecular complexity index is 3560. The van der Waals surface area contributed by atoms with Crippen LogP contribution >= 0.6 is 34.8 Å². The van der Waals surface area contributed by atoms with Crippen molar-refractivity contribution >= 4 is 135 Å². The van der Waals surface area contributed by atoms with Crippen molar-refractivity contribution in [2.24, 2.45) is 5.73 Å². The number of nitrogens with zero attached hydrogens (tertiary/aromatic N) is 16. The van der Waals surface area contributed by atoms with Gasteiger partial charge in [-0.1, -0.05) is 34.8 Å². The fourth-order valence-corrected chi connectivity index (χ4v) is 8.82. The maximum absolute atomic E-state index is 12.2. The molecule has 0 radical (unpaired) electrons. The zero-order valence-corrected chi connectivity index (χ0v) is 72.4. The van der Waals surface area contributed by atoms with E-state index in [4.69, 9.17) is 80.0 Å². The summed E-state index contributed by atoms with van der Waals surface area (Å²) < 4.78 is 34.7. The molecule has 0 aromatic carbocycles. The molecule has 50 heteroatoms. The Kier molecular flexibility index (Phi) is 52.3. The molecule has 110 heavy (non-hydrogen) atoms. The molecule has 0 atom stereocenters. The molecule has 0 unspecified atom stereocenters. The third-order valence-corrected chi connectivity index (χ3v) is 13.4. The zero-order valence-electron chi connectivity index (χ0n) is 64.9. The first-order valence-corrected chi connectivity index (χ1v) is 33.8. The van der Waals surface area contributed by atoms with Crippen molar-refractivity contribution in [3.8, 4) is 0 Å². The number of piperazine rings is 3. The Morgan fingerprint density at radius 2 is 0.782 bits per heavy atom. The van der Waals surface area contributed by atoms with Crippen LogP contribution < -0.4 is 151 Å². The number of nitrogens with one attached hydrogen (secondary N) is 4. The van der Waals surface area contributed by atoms with Crippen molar-refractivity contribution in [2.45, 2.75) is 107 Å². The van der Waals surface area contributed by atoms with E-state index < -0.39 is 55.4 Å². The average molecular weight is 1680 g/mol. The van der Waals surface area contributed by atoms with E-state index in [2.05, 4.69) is 75.5 Å².